The molecule has 0 atom stereocenters. The number of allylic oxidation sites excluding steroid dienone is 4. The summed E-state index contributed by atoms with van der Waals surface area (Å²) in [6.45, 7) is 4.41. The maximum atomic E-state index is 4.68. The van der Waals surface area contributed by atoms with Crippen LogP contribution in [0.15, 0.2) is 53.0 Å². The minimum Gasteiger partial charge on any atom is -0.142 e. The van der Waals surface area contributed by atoms with E-state index < -0.39 is 0 Å². The van der Waals surface area contributed by atoms with E-state index in [2.05, 4.69) is 81.6 Å². The minimum absolute atomic E-state index is 0.529. The summed E-state index contributed by atoms with van der Waals surface area (Å²) >= 11 is 9.35. The topological polar surface area (TPSA) is 0 Å². The minimum atomic E-state index is 0.529. The van der Waals surface area contributed by atoms with E-state index in [0.29, 0.717) is 5.92 Å². The number of hydrogen-bond donors (Lipinski definition) is 2. The fraction of sp³-hybridized carbons (Fsp3) is 0.294. The molecule has 0 saturated carbocycles. The van der Waals surface area contributed by atoms with Gasteiger partial charge in [-0.05, 0) is 35.5 Å². The average molecular weight is 288 g/mol. The van der Waals surface area contributed by atoms with Crippen molar-refractivity contribution in [1.29, 1.82) is 0 Å². The standard InChI is InChI=1S/C17H20S2/c1-12(2)14-9-6-10-15(11-14)17(19)16(18)13-7-4-3-5-8-13/h3-4,6-7,9-12,18-19H,5,8H2,1-2H3/b17-16-. The van der Waals surface area contributed by atoms with Crippen LogP contribution in [0, 0.1) is 0 Å². The third kappa shape index (κ3) is 3.58. The van der Waals surface area contributed by atoms with Crippen molar-refractivity contribution in [3.8, 4) is 0 Å². The molecule has 0 fully saturated rings. The van der Waals surface area contributed by atoms with Crippen molar-refractivity contribution in [1.82, 2.24) is 0 Å². The highest BCUT2D eigenvalue weighted by molar-refractivity contribution is 7.93. The van der Waals surface area contributed by atoms with Gasteiger partial charge in [0.15, 0.2) is 0 Å². The summed E-state index contributed by atoms with van der Waals surface area (Å²) in [5.74, 6) is 0.529. The van der Waals surface area contributed by atoms with Gasteiger partial charge in [0.2, 0.25) is 0 Å². The van der Waals surface area contributed by atoms with Crippen LogP contribution in [-0.4, -0.2) is 0 Å². The summed E-state index contributed by atoms with van der Waals surface area (Å²) in [7, 11) is 0. The van der Waals surface area contributed by atoms with E-state index in [4.69, 9.17) is 0 Å². The summed E-state index contributed by atoms with van der Waals surface area (Å²) in [5.41, 5.74) is 3.75. The molecule has 1 aromatic rings. The molecule has 0 spiro atoms. The smallest absolute Gasteiger partial charge is 0.0249 e. The quantitative estimate of drug-likeness (QED) is 0.663. The van der Waals surface area contributed by atoms with Gasteiger partial charge in [-0.15, -0.1) is 25.3 Å². The molecule has 2 heteroatoms. The Balaban J connectivity index is 2.37. The number of benzene rings is 1. The molecule has 2 rings (SSSR count). The Kier molecular flexibility index (Phi) is 5.00. The first-order chi connectivity index (χ1) is 9.09. The summed E-state index contributed by atoms with van der Waals surface area (Å²) < 4.78 is 0. The molecule has 0 saturated heterocycles. The third-order valence-corrected chi connectivity index (χ3v) is 4.54. The third-order valence-electron chi connectivity index (χ3n) is 3.37. The Bertz CT molecular complexity index is 548. The van der Waals surface area contributed by atoms with Crippen LogP contribution < -0.4 is 0 Å². The van der Waals surface area contributed by atoms with Gasteiger partial charge in [0.1, 0.15) is 0 Å². The molecule has 0 unspecified atom stereocenters. The van der Waals surface area contributed by atoms with Gasteiger partial charge in [-0.2, -0.15) is 0 Å². The maximum absolute atomic E-state index is 4.68. The molecule has 0 radical (unpaired) electrons. The van der Waals surface area contributed by atoms with E-state index in [9.17, 15) is 0 Å². The number of hydrogen-bond acceptors (Lipinski definition) is 2. The van der Waals surface area contributed by atoms with Gasteiger partial charge in [0, 0.05) is 9.81 Å². The summed E-state index contributed by atoms with van der Waals surface area (Å²) in [5, 5.41) is 0. The van der Waals surface area contributed by atoms with Crippen molar-refractivity contribution >= 4 is 30.2 Å². The second-order valence-electron chi connectivity index (χ2n) is 5.14. The lowest BCUT2D eigenvalue weighted by atomic mass is 9.99. The lowest BCUT2D eigenvalue weighted by Gasteiger charge is -2.13. The van der Waals surface area contributed by atoms with Crippen LogP contribution in [0.1, 0.15) is 43.7 Å². The Labute approximate surface area is 127 Å². The SMILES string of the molecule is CC(C)c1cccc(/C(S)=C(/S)C2=CC=CCC2)c1. The largest absolute Gasteiger partial charge is 0.142 e. The fourth-order valence-corrected chi connectivity index (χ4v) is 2.73. The molecule has 0 amide bonds. The van der Waals surface area contributed by atoms with Crippen LogP contribution in [0.25, 0.3) is 4.91 Å². The van der Waals surface area contributed by atoms with E-state index in [1.54, 1.807) is 0 Å². The van der Waals surface area contributed by atoms with Crippen molar-refractivity contribution in [3.63, 3.8) is 0 Å². The zero-order valence-corrected chi connectivity index (χ0v) is 13.2. The zero-order chi connectivity index (χ0) is 13.8. The molecule has 0 heterocycles. The van der Waals surface area contributed by atoms with Crippen LogP contribution in [0.3, 0.4) is 0 Å². The number of rotatable bonds is 3. The first-order valence-electron chi connectivity index (χ1n) is 6.68. The van der Waals surface area contributed by atoms with Crippen LogP contribution in [0.5, 0.6) is 0 Å². The predicted octanol–water partition coefficient (Wildman–Crippen LogP) is 5.61. The highest BCUT2D eigenvalue weighted by Gasteiger charge is 2.10. The molecule has 0 bridgehead atoms. The van der Waals surface area contributed by atoms with Gasteiger partial charge in [0.05, 0.1) is 0 Å². The second-order valence-corrected chi connectivity index (χ2v) is 6.03. The zero-order valence-electron chi connectivity index (χ0n) is 11.4. The van der Waals surface area contributed by atoms with Gasteiger partial charge in [-0.25, -0.2) is 0 Å². The van der Waals surface area contributed by atoms with Crippen molar-refractivity contribution < 1.29 is 0 Å². The van der Waals surface area contributed by atoms with Crippen LogP contribution in [0.2, 0.25) is 0 Å². The molecule has 0 N–H and O–H groups in total. The Morgan fingerprint density at radius 3 is 2.58 bits per heavy atom. The normalized spacial score (nSPS) is 16.4. The van der Waals surface area contributed by atoms with E-state index in [-0.39, 0.29) is 0 Å². The fourth-order valence-electron chi connectivity index (χ4n) is 2.13. The van der Waals surface area contributed by atoms with E-state index >= 15 is 0 Å². The summed E-state index contributed by atoms with van der Waals surface area (Å²) in [4.78, 5) is 1.96. The Morgan fingerprint density at radius 1 is 1.16 bits per heavy atom. The van der Waals surface area contributed by atoms with Gasteiger partial charge < -0.3 is 0 Å². The molecule has 0 aliphatic heterocycles. The highest BCUT2D eigenvalue weighted by atomic mass is 32.1. The molecule has 100 valence electrons. The molecule has 0 nitrogen and oxygen atoms in total. The van der Waals surface area contributed by atoms with E-state index in [0.717, 1.165) is 28.2 Å². The predicted molar refractivity (Wildman–Crippen MR) is 91.9 cm³/mol. The Hall–Kier alpha value is -0.860. The average Bonchev–Trinajstić information content (AvgIpc) is 2.46. The molecular formula is C17H20S2. The van der Waals surface area contributed by atoms with Crippen LogP contribution in [0.4, 0.5) is 0 Å². The van der Waals surface area contributed by atoms with Gasteiger partial charge >= 0.3 is 0 Å². The Morgan fingerprint density at radius 2 is 1.95 bits per heavy atom. The van der Waals surface area contributed by atoms with Crippen molar-refractivity contribution in [2.75, 3.05) is 0 Å². The monoisotopic (exact) mass is 288 g/mol. The second kappa shape index (κ2) is 6.53. The molecule has 1 aliphatic rings. The van der Waals surface area contributed by atoms with Gasteiger partial charge in [0.25, 0.3) is 0 Å². The number of thiol groups is 2. The first kappa shape index (κ1) is 14.5. The maximum Gasteiger partial charge on any atom is 0.0249 e. The lowest BCUT2D eigenvalue weighted by molar-refractivity contribution is 0.866. The van der Waals surface area contributed by atoms with Gasteiger partial charge in [-0.3, -0.25) is 0 Å². The molecule has 0 aromatic heterocycles. The molecular weight excluding hydrogens is 268 g/mol. The van der Waals surface area contributed by atoms with E-state index in [1.165, 1.54) is 11.1 Å². The molecule has 19 heavy (non-hydrogen) atoms. The summed E-state index contributed by atoms with van der Waals surface area (Å²) in [6, 6.07) is 8.57. The molecule has 1 aliphatic carbocycles. The van der Waals surface area contributed by atoms with E-state index in [1.807, 2.05) is 0 Å². The van der Waals surface area contributed by atoms with Crippen LogP contribution in [-0.2, 0) is 0 Å². The first-order valence-corrected chi connectivity index (χ1v) is 7.57. The van der Waals surface area contributed by atoms with Crippen molar-refractivity contribution in [3.05, 3.63) is 64.1 Å². The van der Waals surface area contributed by atoms with Gasteiger partial charge in [-0.1, -0.05) is 56.3 Å². The highest BCUT2D eigenvalue weighted by Crippen LogP contribution is 2.33. The summed E-state index contributed by atoms with van der Waals surface area (Å²) in [6.07, 6.45) is 8.55. The molecule has 1 aromatic carbocycles. The van der Waals surface area contributed by atoms with Crippen molar-refractivity contribution in [2.24, 2.45) is 0 Å². The lowest BCUT2D eigenvalue weighted by Crippen LogP contribution is -1.92. The van der Waals surface area contributed by atoms with Crippen LogP contribution >= 0.6 is 25.3 Å². The van der Waals surface area contributed by atoms with Crippen molar-refractivity contribution in [2.45, 2.75) is 32.6 Å².